The molecule has 0 bridgehead atoms. The van der Waals surface area contributed by atoms with Crippen molar-refractivity contribution in [3.63, 3.8) is 0 Å². The standard InChI is InChI=1S/C20H21FN4.ClH/c21-18-6-2-5-17(13-18)20-14-22-9-11-24(20)15-16-4-1-7-19(12-16)25-10-3-8-23-25;/h1-8,10,12-13,20,22H,9,11,14-15H2;1H. The van der Waals surface area contributed by atoms with Gasteiger partial charge in [-0.05, 0) is 41.5 Å². The summed E-state index contributed by atoms with van der Waals surface area (Å²) in [6, 6.07) is 17.5. The highest BCUT2D eigenvalue weighted by Gasteiger charge is 2.24. The van der Waals surface area contributed by atoms with Gasteiger partial charge in [-0.2, -0.15) is 5.10 Å². The smallest absolute Gasteiger partial charge is 0.123 e. The molecule has 1 saturated heterocycles. The van der Waals surface area contributed by atoms with Crippen molar-refractivity contribution in [3.8, 4) is 5.69 Å². The number of hydrogen-bond acceptors (Lipinski definition) is 3. The van der Waals surface area contributed by atoms with Crippen LogP contribution in [0.3, 0.4) is 0 Å². The van der Waals surface area contributed by atoms with Crippen LogP contribution in [0.2, 0.25) is 0 Å². The first-order chi connectivity index (χ1) is 12.3. The summed E-state index contributed by atoms with van der Waals surface area (Å²) in [5.41, 5.74) is 3.31. The van der Waals surface area contributed by atoms with Crippen LogP contribution in [0.1, 0.15) is 17.2 Å². The van der Waals surface area contributed by atoms with E-state index in [0.29, 0.717) is 0 Å². The number of halogens is 2. The lowest BCUT2D eigenvalue weighted by molar-refractivity contribution is 0.153. The maximum absolute atomic E-state index is 13.6. The van der Waals surface area contributed by atoms with Gasteiger partial charge in [0.1, 0.15) is 5.82 Å². The molecule has 0 saturated carbocycles. The van der Waals surface area contributed by atoms with Gasteiger partial charge in [0, 0.05) is 44.6 Å². The first kappa shape index (κ1) is 18.6. The molecule has 0 amide bonds. The Morgan fingerprint density at radius 3 is 2.81 bits per heavy atom. The number of piperazine rings is 1. The van der Waals surface area contributed by atoms with Gasteiger partial charge in [0.05, 0.1) is 5.69 Å². The Kier molecular flexibility index (Phi) is 6.04. The van der Waals surface area contributed by atoms with E-state index in [2.05, 4.69) is 39.6 Å². The second-order valence-electron chi connectivity index (χ2n) is 6.37. The first-order valence-corrected chi connectivity index (χ1v) is 8.59. The van der Waals surface area contributed by atoms with Crippen LogP contribution < -0.4 is 5.32 Å². The van der Waals surface area contributed by atoms with E-state index in [9.17, 15) is 4.39 Å². The van der Waals surface area contributed by atoms with Crippen molar-refractivity contribution in [2.45, 2.75) is 12.6 Å². The van der Waals surface area contributed by atoms with Crippen molar-refractivity contribution in [3.05, 3.63) is 83.9 Å². The van der Waals surface area contributed by atoms with Crippen LogP contribution in [0.4, 0.5) is 4.39 Å². The summed E-state index contributed by atoms with van der Waals surface area (Å²) in [6.07, 6.45) is 3.72. The summed E-state index contributed by atoms with van der Waals surface area (Å²) in [4.78, 5) is 2.41. The molecule has 0 spiro atoms. The number of rotatable bonds is 4. The van der Waals surface area contributed by atoms with Crippen molar-refractivity contribution < 1.29 is 4.39 Å². The minimum absolute atomic E-state index is 0. The van der Waals surface area contributed by atoms with Crippen LogP contribution in [-0.4, -0.2) is 34.3 Å². The number of nitrogens with zero attached hydrogens (tertiary/aromatic N) is 3. The molecule has 1 atom stereocenters. The largest absolute Gasteiger partial charge is 0.314 e. The maximum Gasteiger partial charge on any atom is 0.123 e. The van der Waals surface area contributed by atoms with Crippen LogP contribution in [0.5, 0.6) is 0 Å². The molecule has 1 aliphatic heterocycles. The predicted molar refractivity (Wildman–Crippen MR) is 103 cm³/mol. The van der Waals surface area contributed by atoms with E-state index in [4.69, 9.17) is 0 Å². The lowest BCUT2D eigenvalue weighted by Crippen LogP contribution is -2.45. The molecule has 4 rings (SSSR count). The summed E-state index contributed by atoms with van der Waals surface area (Å²) in [5, 5.41) is 7.72. The third kappa shape index (κ3) is 4.12. The second kappa shape index (κ2) is 8.45. The molecule has 2 heterocycles. The van der Waals surface area contributed by atoms with Crippen LogP contribution in [-0.2, 0) is 6.54 Å². The Labute approximate surface area is 159 Å². The molecule has 0 aliphatic carbocycles. The fourth-order valence-electron chi connectivity index (χ4n) is 3.43. The van der Waals surface area contributed by atoms with Gasteiger partial charge in [-0.25, -0.2) is 9.07 Å². The van der Waals surface area contributed by atoms with Gasteiger partial charge in [-0.3, -0.25) is 4.90 Å². The Morgan fingerprint density at radius 1 is 1.12 bits per heavy atom. The SMILES string of the molecule is Cl.Fc1cccc(C2CNCCN2Cc2cccc(-n3cccn3)c2)c1. The highest BCUT2D eigenvalue weighted by Crippen LogP contribution is 2.25. The molecular formula is C20H22ClFN4. The number of nitrogens with one attached hydrogen (secondary N) is 1. The zero-order valence-electron chi connectivity index (χ0n) is 14.4. The van der Waals surface area contributed by atoms with Crippen LogP contribution in [0.15, 0.2) is 67.0 Å². The van der Waals surface area contributed by atoms with E-state index in [1.165, 1.54) is 11.6 Å². The fourth-order valence-corrected chi connectivity index (χ4v) is 3.43. The number of hydrogen-bond donors (Lipinski definition) is 1. The Morgan fingerprint density at radius 2 is 2.00 bits per heavy atom. The third-order valence-corrected chi connectivity index (χ3v) is 4.65. The van der Waals surface area contributed by atoms with Crippen molar-refractivity contribution >= 4 is 12.4 Å². The summed E-state index contributed by atoms with van der Waals surface area (Å²) in [6.45, 7) is 3.55. The molecule has 0 radical (unpaired) electrons. The van der Waals surface area contributed by atoms with E-state index < -0.39 is 0 Å². The molecule has 1 aliphatic rings. The van der Waals surface area contributed by atoms with Crippen molar-refractivity contribution in [1.82, 2.24) is 20.0 Å². The van der Waals surface area contributed by atoms with E-state index >= 15 is 0 Å². The molecule has 136 valence electrons. The zero-order chi connectivity index (χ0) is 17.1. The van der Waals surface area contributed by atoms with Crippen LogP contribution >= 0.6 is 12.4 Å². The highest BCUT2D eigenvalue weighted by molar-refractivity contribution is 5.85. The molecule has 1 unspecified atom stereocenters. The van der Waals surface area contributed by atoms with Crippen molar-refractivity contribution in [2.24, 2.45) is 0 Å². The monoisotopic (exact) mass is 372 g/mol. The van der Waals surface area contributed by atoms with E-state index in [0.717, 1.165) is 37.4 Å². The average molecular weight is 373 g/mol. The van der Waals surface area contributed by atoms with Gasteiger partial charge in [0.15, 0.2) is 0 Å². The lowest BCUT2D eigenvalue weighted by atomic mass is 10.0. The van der Waals surface area contributed by atoms with Gasteiger partial charge in [-0.15, -0.1) is 12.4 Å². The van der Waals surface area contributed by atoms with Crippen molar-refractivity contribution in [1.29, 1.82) is 0 Å². The summed E-state index contributed by atoms with van der Waals surface area (Å²) < 4.78 is 15.5. The molecule has 1 fully saturated rings. The Hall–Kier alpha value is -2.21. The Balaban J connectivity index is 0.00000196. The molecule has 6 heteroatoms. The van der Waals surface area contributed by atoms with Crippen LogP contribution in [0, 0.1) is 5.82 Å². The first-order valence-electron chi connectivity index (χ1n) is 8.59. The minimum Gasteiger partial charge on any atom is -0.314 e. The molecule has 3 aromatic rings. The van der Waals surface area contributed by atoms with Gasteiger partial charge in [-0.1, -0.05) is 24.3 Å². The van der Waals surface area contributed by atoms with E-state index in [1.807, 2.05) is 23.0 Å². The minimum atomic E-state index is -0.177. The summed E-state index contributed by atoms with van der Waals surface area (Å²) >= 11 is 0. The molecule has 1 aromatic heterocycles. The third-order valence-electron chi connectivity index (χ3n) is 4.65. The van der Waals surface area contributed by atoms with Crippen molar-refractivity contribution in [2.75, 3.05) is 19.6 Å². The van der Waals surface area contributed by atoms with E-state index in [-0.39, 0.29) is 24.3 Å². The van der Waals surface area contributed by atoms with Gasteiger partial charge in [0.25, 0.3) is 0 Å². The fraction of sp³-hybridized carbons (Fsp3) is 0.250. The lowest BCUT2D eigenvalue weighted by Gasteiger charge is -2.36. The van der Waals surface area contributed by atoms with Gasteiger partial charge < -0.3 is 5.32 Å². The zero-order valence-corrected chi connectivity index (χ0v) is 15.2. The summed E-state index contributed by atoms with van der Waals surface area (Å²) in [5.74, 6) is -0.177. The van der Waals surface area contributed by atoms with E-state index in [1.54, 1.807) is 18.3 Å². The van der Waals surface area contributed by atoms with Gasteiger partial charge >= 0.3 is 0 Å². The van der Waals surface area contributed by atoms with Crippen LogP contribution in [0.25, 0.3) is 5.69 Å². The second-order valence-corrected chi connectivity index (χ2v) is 6.37. The quantitative estimate of drug-likeness (QED) is 0.760. The number of benzene rings is 2. The molecule has 1 N–H and O–H groups in total. The molecule has 26 heavy (non-hydrogen) atoms. The predicted octanol–water partition coefficient (Wildman–Crippen LogP) is 3.58. The highest BCUT2D eigenvalue weighted by atomic mass is 35.5. The molecule has 2 aromatic carbocycles. The molecular weight excluding hydrogens is 351 g/mol. The van der Waals surface area contributed by atoms with Gasteiger partial charge in [0.2, 0.25) is 0 Å². The normalized spacial score (nSPS) is 17.7. The molecule has 4 nitrogen and oxygen atoms in total. The number of aromatic nitrogens is 2. The topological polar surface area (TPSA) is 33.1 Å². The average Bonchev–Trinajstić information content (AvgIpc) is 3.17. The summed E-state index contributed by atoms with van der Waals surface area (Å²) in [7, 11) is 0. The Bertz CT molecular complexity index is 837. The maximum atomic E-state index is 13.6.